The average Bonchev–Trinajstić information content (AvgIpc) is 3.86. The third-order valence-electron chi connectivity index (χ3n) is 9.44. The number of halogens is 3. The van der Waals surface area contributed by atoms with Gasteiger partial charge in [-0.25, -0.2) is 4.98 Å². The van der Waals surface area contributed by atoms with E-state index in [-0.39, 0.29) is 18.2 Å². The molecular weight excluding hydrogens is 753 g/mol. The maximum Gasteiger partial charge on any atom is 0.274 e. The summed E-state index contributed by atoms with van der Waals surface area (Å²) in [6.07, 6.45) is 5.22. The Bertz CT molecular complexity index is 2310. The van der Waals surface area contributed by atoms with Crippen molar-refractivity contribution in [3.63, 3.8) is 0 Å². The molecule has 1 N–H and O–H groups in total. The summed E-state index contributed by atoms with van der Waals surface area (Å²) < 4.78 is 15.9. The van der Waals surface area contributed by atoms with Crippen LogP contribution in [0, 0.1) is 0 Å². The van der Waals surface area contributed by atoms with Gasteiger partial charge >= 0.3 is 0 Å². The smallest absolute Gasteiger partial charge is 0.274 e. The normalized spacial score (nSPS) is 14.4. The van der Waals surface area contributed by atoms with E-state index < -0.39 is 0 Å². The lowest BCUT2D eigenvalue weighted by atomic mass is 10.0. The average molecular weight is 787 g/mol. The fourth-order valence-electron chi connectivity index (χ4n) is 6.59. The van der Waals surface area contributed by atoms with E-state index in [4.69, 9.17) is 44.3 Å². The van der Waals surface area contributed by atoms with E-state index in [0.29, 0.717) is 75.4 Å². The molecule has 2 aromatic carbocycles. The number of methoxy groups -OCH3 is 1. The zero-order valence-electron chi connectivity index (χ0n) is 29.1. The fourth-order valence-corrected chi connectivity index (χ4v) is 7.38. The van der Waals surface area contributed by atoms with E-state index in [2.05, 4.69) is 50.0 Å². The number of rotatable bonds is 11. The van der Waals surface area contributed by atoms with Crippen LogP contribution >= 0.6 is 34.8 Å². The highest BCUT2D eigenvalue weighted by atomic mass is 35.5. The molecule has 0 atom stereocenters. The molecule has 0 fully saturated rings. The number of fused-ring (bicyclic) bond motifs is 2. The van der Waals surface area contributed by atoms with Crippen molar-refractivity contribution < 1.29 is 14.3 Å². The summed E-state index contributed by atoms with van der Waals surface area (Å²) in [7, 11) is 1.58. The van der Waals surface area contributed by atoms with Crippen molar-refractivity contribution in [2.75, 3.05) is 25.5 Å². The molecule has 0 aliphatic carbocycles. The Morgan fingerprint density at radius 1 is 0.833 bits per heavy atom. The highest BCUT2D eigenvalue weighted by Crippen LogP contribution is 2.41. The van der Waals surface area contributed by atoms with Crippen LogP contribution < -0.4 is 14.8 Å². The first kappa shape index (κ1) is 35.9. The molecule has 4 aromatic heterocycles. The van der Waals surface area contributed by atoms with Crippen LogP contribution in [0.2, 0.25) is 15.1 Å². The van der Waals surface area contributed by atoms with Gasteiger partial charge in [0.1, 0.15) is 48.0 Å². The van der Waals surface area contributed by atoms with Crippen molar-refractivity contribution in [1.82, 2.24) is 49.3 Å². The number of pyridine rings is 2. The summed E-state index contributed by atoms with van der Waals surface area (Å²) in [5.74, 6) is 2.34. The van der Waals surface area contributed by atoms with Crippen LogP contribution in [-0.2, 0) is 45.9 Å². The Morgan fingerprint density at radius 2 is 1.52 bits per heavy atom. The minimum Gasteiger partial charge on any atom is -0.486 e. The predicted molar refractivity (Wildman–Crippen MR) is 202 cm³/mol. The molecule has 2 aliphatic heterocycles. The molecule has 0 bridgehead atoms. The number of aromatic nitrogens is 8. The zero-order valence-corrected chi connectivity index (χ0v) is 31.4. The molecule has 0 radical (unpaired) electrons. The highest BCUT2D eigenvalue weighted by Gasteiger charge is 2.22. The van der Waals surface area contributed by atoms with E-state index in [9.17, 15) is 4.79 Å². The Kier molecular flexibility index (Phi) is 10.4. The molecule has 0 unspecified atom stereocenters. The lowest BCUT2D eigenvalue weighted by Gasteiger charge is -2.27. The Hall–Kier alpha value is -5.12. The van der Waals surface area contributed by atoms with Crippen LogP contribution in [-0.4, -0.2) is 75.4 Å². The number of nitrogens with one attached hydrogen (secondary N) is 1. The third kappa shape index (κ3) is 7.61. The van der Waals surface area contributed by atoms with Gasteiger partial charge in [-0.05, 0) is 29.8 Å². The third-order valence-corrected chi connectivity index (χ3v) is 10.6. The van der Waals surface area contributed by atoms with Gasteiger partial charge in [0.2, 0.25) is 5.88 Å². The molecule has 17 heteroatoms. The summed E-state index contributed by atoms with van der Waals surface area (Å²) in [5, 5.41) is 20.4. The van der Waals surface area contributed by atoms with Crippen LogP contribution in [0.1, 0.15) is 39.0 Å². The molecule has 0 spiro atoms. The number of carbonyl (C=O) groups is 1. The van der Waals surface area contributed by atoms with E-state index >= 15 is 0 Å². The fraction of sp³-hybridized carbons (Fsp3) is 0.270. The predicted octanol–water partition coefficient (Wildman–Crippen LogP) is 6.16. The first-order valence-electron chi connectivity index (χ1n) is 17.2. The molecule has 6 heterocycles. The molecule has 276 valence electrons. The van der Waals surface area contributed by atoms with Gasteiger partial charge in [0.25, 0.3) is 5.91 Å². The second-order valence-corrected chi connectivity index (χ2v) is 14.1. The quantitative estimate of drug-likeness (QED) is 0.162. The van der Waals surface area contributed by atoms with Gasteiger partial charge < -0.3 is 23.9 Å². The van der Waals surface area contributed by atoms with Crippen LogP contribution in [0.4, 0.5) is 5.69 Å². The van der Waals surface area contributed by atoms with Gasteiger partial charge in [0.05, 0.1) is 41.0 Å². The molecule has 2 aliphatic rings. The Balaban J connectivity index is 0.920. The minimum absolute atomic E-state index is 0.0436. The maximum atomic E-state index is 13.3. The SMILES string of the molecule is COc1nc(COc2cccc(-c3cccc(NC(=O)c4ccc(CN5CCn6cnnc6C5)cn4)c3Cl)c2Cl)c(Cl)cc1CN1CCn2cnnc2C1. The summed E-state index contributed by atoms with van der Waals surface area (Å²) >= 11 is 20.5. The number of nitrogens with zero attached hydrogens (tertiary/aromatic N) is 10. The first-order chi connectivity index (χ1) is 26.3. The largest absolute Gasteiger partial charge is 0.486 e. The molecule has 8 rings (SSSR count). The zero-order chi connectivity index (χ0) is 37.2. The monoisotopic (exact) mass is 785 g/mol. The van der Waals surface area contributed by atoms with Crippen LogP contribution in [0.15, 0.2) is 73.4 Å². The van der Waals surface area contributed by atoms with Crippen molar-refractivity contribution in [2.24, 2.45) is 0 Å². The van der Waals surface area contributed by atoms with Crippen molar-refractivity contribution >= 4 is 46.4 Å². The van der Waals surface area contributed by atoms with Crippen molar-refractivity contribution in [2.45, 2.75) is 45.9 Å². The van der Waals surface area contributed by atoms with Gasteiger partial charge in [-0.2, -0.15) is 0 Å². The number of ether oxygens (including phenoxy) is 2. The summed E-state index contributed by atoms with van der Waals surface area (Å²) in [5.41, 5.74) is 4.26. The topological polar surface area (TPSA) is 141 Å². The van der Waals surface area contributed by atoms with E-state index in [0.717, 1.165) is 49.0 Å². The molecule has 0 saturated carbocycles. The maximum absolute atomic E-state index is 13.3. The van der Waals surface area contributed by atoms with Gasteiger partial charge in [-0.1, -0.05) is 65.1 Å². The Labute approximate surface area is 325 Å². The molecule has 14 nitrogen and oxygen atoms in total. The Morgan fingerprint density at radius 3 is 2.20 bits per heavy atom. The molecule has 6 aromatic rings. The molecule has 1 amide bonds. The van der Waals surface area contributed by atoms with Crippen LogP contribution in [0.5, 0.6) is 11.6 Å². The van der Waals surface area contributed by atoms with Gasteiger partial charge in [-0.15, -0.1) is 20.4 Å². The van der Waals surface area contributed by atoms with Crippen molar-refractivity contribution in [1.29, 1.82) is 0 Å². The number of hydrogen-bond acceptors (Lipinski definition) is 11. The van der Waals surface area contributed by atoms with Crippen LogP contribution in [0.3, 0.4) is 0 Å². The number of anilines is 1. The second-order valence-electron chi connectivity index (χ2n) is 13.0. The minimum atomic E-state index is -0.388. The van der Waals surface area contributed by atoms with E-state index in [1.165, 1.54) is 0 Å². The summed E-state index contributed by atoms with van der Waals surface area (Å²) in [6.45, 7) is 6.05. The van der Waals surface area contributed by atoms with E-state index in [1.807, 2.05) is 34.9 Å². The lowest BCUT2D eigenvalue weighted by Crippen LogP contribution is -2.33. The van der Waals surface area contributed by atoms with E-state index in [1.54, 1.807) is 50.2 Å². The summed E-state index contributed by atoms with van der Waals surface area (Å²) in [4.78, 5) is 26.9. The lowest BCUT2D eigenvalue weighted by molar-refractivity contribution is 0.102. The molecular formula is C37H34Cl3N11O3. The van der Waals surface area contributed by atoms with Crippen molar-refractivity contribution in [3.05, 3.63) is 123 Å². The number of amides is 1. The standard InChI is InChI=1S/C37H34Cl3N11O3/c1-53-37-24(17-49-11-13-51-22-43-47-33(51)19-49)14-27(38)30(45-37)20-54-31-7-3-5-26(35(31)40)25-4-2-6-28(34(25)39)44-36(52)29-9-8-23(15-41-29)16-48-10-12-50-21-42-46-32(50)18-48/h2-9,14-15,21-22H,10-13,16-20H2,1H3,(H,44,52). The highest BCUT2D eigenvalue weighted by molar-refractivity contribution is 6.39. The molecule has 0 saturated heterocycles. The molecule has 54 heavy (non-hydrogen) atoms. The van der Waals surface area contributed by atoms with Gasteiger partial charge in [0, 0.05) is 62.2 Å². The van der Waals surface area contributed by atoms with Crippen LogP contribution in [0.25, 0.3) is 11.1 Å². The van der Waals surface area contributed by atoms with Gasteiger partial charge in [0.15, 0.2) is 0 Å². The van der Waals surface area contributed by atoms with Gasteiger partial charge in [-0.3, -0.25) is 19.6 Å². The number of benzene rings is 2. The first-order valence-corrected chi connectivity index (χ1v) is 18.3. The number of carbonyl (C=O) groups excluding carboxylic acids is 1. The number of hydrogen-bond donors (Lipinski definition) is 1. The summed E-state index contributed by atoms with van der Waals surface area (Å²) in [6, 6.07) is 16.2. The second kappa shape index (κ2) is 15.7. The van der Waals surface area contributed by atoms with Crippen molar-refractivity contribution in [3.8, 4) is 22.8 Å².